The van der Waals surface area contributed by atoms with Gasteiger partial charge in [0.1, 0.15) is 18.1 Å². The van der Waals surface area contributed by atoms with Crippen LogP contribution < -0.4 is 14.8 Å². The van der Waals surface area contributed by atoms with Gasteiger partial charge in [-0.2, -0.15) is 5.26 Å². The maximum atomic E-state index is 12.1. The van der Waals surface area contributed by atoms with Gasteiger partial charge in [-0.1, -0.05) is 56.9 Å². The van der Waals surface area contributed by atoms with Crippen LogP contribution in [-0.4, -0.2) is 56.4 Å². The molecule has 1 amide bonds. The number of nitriles is 1. The van der Waals surface area contributed by atoms with Gasteiger partial charge in [0.25, 0.3) is 11.0 Å². The van der Waals surface area contributed by atoms with Gasteiger partial charge < -0.3 is 19.6 Å². The number of hydrogen-bond acceptors (Lipinski definition) is 8. The Bertz CT molecular complexity index is 1110. The summed E-state index contributed by atoms with van der Waals surface area (Å²) in [5.41, 5.74) is 2.24. The zero-order chi connectivity index (χ0) is 29.9. The van der Waals surface area contributed by atoms with Gasteiger partial charge in [0.05, 0.1) is 13.2 Å². The molecule has 0 saturated carbocycles. The van der Waals surface area contributed by atoms with E-state index in [1.165, 1.54) is 18.4 Å². The third kappa shape index (κ3) is 13.4. The number of amides is 1. The normalized spacial score (nSPS) is 12.3. The number of ether oxygens (including phenoxy) is 2. The molecule has 2 aromatic rings. The van der Waals surface area contributed by atoms with E-state index in [1.807, 2.05) is 30.3 Å². The lowest BCUT2D eigenvalue weighted by Crippen LogP contribution is -2.32. The summed E-state index contributed by atoms with van der Waals surface area (Å²) in [4.78, 5) is 28.8. The van der Waals surface area contributed by atoms with E-state index in [0.29, 0.717) is 5.75 Å². The van der Waals surface area contributed by atoms with Gasteiger partial charge >= 0.3 is 0 Å². The number of methoxy groups -OCH3 is 1. The lowest BCUT2D eigenvalue weighted by Gasteiger charge is -2.30. The van der Waals surface area contributed by atoms with E-state index in [9.17, 15) is 20.2 Å². The Hall–Kier alpha value is -3.84. The molecule has 0 aliphatic carbocycles. The van der Waals surface area contributed by atoms with Crippen LogP contribution in [0.3, 0.4) is 0 Å². The summed E-state index contributed by atoms with van der Waals surface area (Å²) in [5.74, 6) is 1.01. The van der Waals surface area contributed by atoms with Crippen molar-refractivity contribution in [1.82, 2.24) is 10.2 Å². The van der Waals surface area contributed by atoms with Crippen molar-refractivity contribution in [3.05, 3.63) is 69.8 Å². The number of carbonyl (C=O) groups excluding carboxylic acids is 1. The molecule has 0 spiro atoms. The number of nitrogens with zero attached hydrogens (tertiary/aromatic N) is 3. The molecular weight excluding hydrogens is 524 g/mol. The maximum Gasteiger partial charge on any atom is 0.294 e. The summed E-state index contributed by atoms with van der Waals surface area (Å²) in [7, 11) is 3.76. The van der Waals surface area contributed by atoms with E-state index in [2.05, 4.69) is 47.2 Å². The van der Waals surface area contributed by atoms with Crippen LogP contribution in [0.25, 0.3) is 0 Å². The van der Waals surface area contributed by atoms with E-state index < -0.39 is 11.0 Å². The van der Waals surface area contributed by atoms with Gasteiger partial charge in [-0.05, 0) is 68.1 Å². The molecule has 41 heavy (non-hydrogen) atoms. The van der Waals surface area contributed by atoms with Crippen molar-refractivity contribution >= 4 is 5.91 Å². The third-order valence-electron chi connectivity index (χ3n) is 7.03. The molecule has 0 heterocycles. The van der Waals surface area contributed by atoms with Crippen molar-refractivity contribution in [1.29, 1.82) is 5.26 Å². The standard InChI is InChI=1S/C31H44N4O6/c1-4-5-6-7-10-26(23-32)15-16-30(34(2)19-17-25-11-8-13-28(21-25)39-3)27-12-9-14-29(22-27)40-24-31(36)33-18-20-41-35(37)38/h8-9,11-14,21-22,26,30H,4-7,10,15-20,24H2,1-3H3,(H,33,36). The summed E-state index contributed by atoms with van der Waals surface area (Å²) in [6.07, 6.45) is 8.00. The number of nitrogens with one attached hydrogen (secondary N) is 1. The Labute approximate surface area is 243 Å². The molecule has 2 aromatic carbocycles. The molecule has 2 atom stereocenters. The number of unbranched alkanes of at least 4 members (excludes halogenated alkanes) is 3. The van der Waals surface area contributed by atoms with E-state index in [-0.39, 0.29) is 31.7 Å². The number of benzene rings is 2. The smallest absolute Gasteiger partial charge is 0.294 e. The average Bonchev–Trinajstić information content (AvgIpc) is 2.98. The quantitative estimate of drug-likeness (QED) is 0.119. The lowest BCUT2D eigenvalue weighted by molar-refractivity contribution is -0.757. The second-order valence-corrected chi connectivity index (χ2v) is 10.1. The molecule has 10 heteroatoms. The van der Waals surface area contributed by atoms with E-state index >= 15 is 0 Å². The summed E-state index contributed by atoms with van der Waals surface area (Å²) >= 11 is 0. The van der Waals surface area contributed by atoms with Crippen LogP contribution in [0.5, 0.6) is 11.5 Å². The number of likely N-dealkylation sites (N-methyl/N-ethyl adjacent to an activating group) is 1. The molecule has 2 unspecified atom stereocenters. The highest BCUT2D eigenvalue weighted by Gasteiger charge is 2.20. The predicted molar refractivity (Wildman–Crippen MR) is 157 cm³/mol. The highest BCUT2D eigenvalue weighted by atomic mass is 16.9. The van der Waals surface area contributed by atoms with Crippen molar-refractivity contribution < 1.29 is 24.2 Å². The fourth-order valence-corrected chi connectivity index (χ4v) is 4.70. The first kappa shape index (κ1) is 33.4. The van der Waals surface area contributed by atoms with Crippen molar-refractivity contribution in [2.75, 3.05) is 40.5 Å². The van der Waals surface area contributed by atoms with Crippen LogP contribution in [-0.2, 0) is 16.1 Å². The van der Waals surface area contributed by atoms with Crippen LogP contribution >= 0.6 is 0 Å². The average molecular weight is 569 g/mol. The Morgan fingerprint density at radius 1 is 1.10 bits per heavy atom. The monoisotopic (exact) mass is 568 g/mol. The van der Waals surface area contributed by atoms with Gasteiger partial charge in [-0.15, -0.1) is 10.1 Å². The lowest BCUT2D eigenvalue weighted by atomic mass is 9.92. The zero-order valence-electron chi connectivity index (χ0n) is 24.5. The molecular formula is C31H44N4O6. The predicted octanol–water partition coefficient (Wildman–Crippen LogP) is 5.50. The Morgan fingerprint density at radius 2 is 1.88 bits per heavy atom. The van der Waals surface area contributed by atoms with Crippen molar-refractivity contribution in [2.45, 2.75) is 64.3 Å². The Balaban J connectivity index is 2.07. The van der Waals surface area contributed by atoms with Gasteiger partial charge in [-0.25, -0.2) is 0 Å². The highest BCUT2D eigenvalue weighted by Crippen LogP contribution is 2.30. The van der Waals surface area contributed by atoms with E-state index in [0.717, 1.165) is 56.4 Å². The fraction of sp³-hybridized carbons (Fsp3) is 0.548. The Kier molecular flexibility index (Phi) is 15.7. The SMILES string of the molecule is CCCCCCC(C#N)CCC(c1cccc(OCC(=O)NCCO[N+](=O)[O-])c1)N(C)CCc1cccc(OC)c1. The second-order valence-electron chi connectivity index (χ2n) is 10.1. The van der Waals surface area contributed by atoms with E-state index in [1.54, 1.807) is 13.2 Å². The fourth-order valence-electron chi connectivity index (χ4n) is 4.70. The Morgan fingerprint density at radius 3 is 2.61 bits per heavy atom. The van der Waals surface area contributed by atoms with Crippen molar-refractivity contribution in [3.63, 3.8) is 0 Å². The molecule has 0 saturated heterocycles. The summed E-state index contributed by atoms with van der Waals surface area (Å²) in [5, 5.41) is 21.7. The van der Waals surface area contributed by atoms with Gasteiger partial charge in [-0.3, -0.25) is 9.69 Å². The van der Waals surface area contributed by atoms with Crippen LogP contribution in [0.15, 0.2) is 48.5 Å². The zero-order valence-corrected chi connectivity index (χ0v) is 24.5. The molecule has 0 bridgehead atoms. The largest absolute Gasteiger partial charge is 0.497 e. The minimum atomic E-state index is -0.899. The molecule has 0 aromatic heterocycles. The van der Waals surface area contributed by atoms with Crippen LogP contribution in [0.1, 0.15) is 69.0 Å². The van der Waals surface area contributed by atoms with Crippen LogP contribution in [0.4, 0.5) is 0 Å². The summed E-state index contributed by atoms with van der Waals surface area (Å²) in [6, 6.07) is 18.3. The molecule has 224 valence electrons. The molecule has 0 aliphatic rings. The topological polar surface area (TPSA) is 127 Å². The van der Waals surface area contributed by atoms with Crippen molar-refractivity contribution in [2.24, 2.45) is 5.92 Å². The first-order valence-corrected chi connectivity index (χ1v) is 14.4. The van der Waals surface area contributed by atoms with E-state index in [4.69, 9.17) is 9.47 Å². The van der Waals surface area contributed by atoms with Gasteiger partial charge in [0.15, 0.2) is 6.61 Å². The third-order valence-corrected chi connectivity index (χ3v) is 7.03. The minimum Gasteiger partial charge on any atom is -0.497 e. The summed E-state index contributed by atoms with van der Waals surface area (Å²) in [6.45, 7) is 2.58. The second kappa shape index (κ2) is 19.3. The summed E-state index contributed by atoms with van der Waals surface area (Å²) < 4.78 is 11.1. The molecule has 0 radical (unpaired) electrons. The molecule has 1 N–H and O–H groups in total. The van der Waals surface area contributed by atoms with Crippen molar-refractivity contribution in [3.8, 4) is 17.6 Å². The number of rotatable bonds is 21. The maximum absolute atomic E-state index is 12.1. The molecule has 0 fully saturated rings. The number of carbonyl (C=O) groups is 1. The van der Waals surface area contributed by atoms with Gasteiger partial charge in [0.2, 0.25) is 0 Å². The van der Waals surface area contributed by atoms with Crippen LogP contribution in [0, 0.1) is 27.4 Å². The van der Waals surface area contributed by atoms with Gasteiger partial charge in [0, 0.05) is 25.0 Å². The highest BCUT2D eigenvalue weighted by molar-refractivity contribution is 5.77. The molecule has 2 rings (SSSR count). The first-order chi connectivity index (χ1) is 19.9. The number of hydrogen-bond donors (Lipinski definition) is 1. The first-order valence-electron chi connectivity index (χ1n) is 14.4. The molecule has 0 aliphatic heterocycles. The van der Waals surface area contributed by atoms with Crippen LogP contribution in [0.2, 0.25) is 0 Å². The minimum absolute atomic E-state index is 0.0157. The molecule has 10 nitrogen and oxygen atoms in total.